The van der Waals surface area contributed by atoms with Crippen molar-refractivity contribution in [1.82, 2.24) is 5.32 Å². The first-order valence-electron chi connectivity index (χ1n) is 4.15. The fourth-order valence-electron chi connectivity index (χ4n) is 0.861. The van der Waals surface area contributed by atoms with Crippen LogP contribution in [0, 0.1) is 0 Å². The standard InChI is InChI=1S/C8H17N2O/c1-2-5-8(9)10-6-3-4-7-11/h8,10H,2-6,9H2,1H3. The predicted molar refractivity (Wildman–Crippen MR) is 45.8 cm³/mol. The SMILES string of the molecule is CCCC(N)NCCC[C]=O. The molecule has 0 amide bonds. The molecular weight excluding hydrogens is 140 g/mol. The summed E-state index contributed by atoms with van der Waals surface area (Å²) in [5.74, 6) is 0. The second-order valence-electron chi connectivity index (χ2n) is 2.60. The van der Waals surface area contributed by atoms with Gasteiger partial charge in [-0.05, 0) is 19.4 Å². The van der Waals surface area contributed by atoms with Crippen molar-refractivity contribution in [3.05, 3.63) is 0 Å². The lowest BCUT2D eigenvalue weighted by Gasteiger charge is -2.11. The molecule has 0 aromatic carbocycles. The van der Waals surface area contributed by atoms with Gasteiger partial charge < -0.3 is 11.1 Å². The summed E-state index contributed by atoms with van der Waals surface area (Å²) in [5.41, 5.74) is 5.66. The molecule has 65 valence electrons. The lowest BCUT2D eigenvalue weighted by molar-refractivity contribution is 0.482. The molecule has 0 aromatic heterocycles. The average Bonchev–Trinajstić information content (AvgIpc) is 1.99. The zero-order valence-electron chi connectivity index (χ0n) is 7.10. The highest BCUT2D eigenvalue weighted by Gasteiger charge is 1.97. The maximum Gasteiger partial charge on any atom is 0.198 e. The van der Waals surface area contributed by atoms with E-state index >= 15 is 0 Å². The van der Waals surface area contributed by atoms with E-state index in [0.717, 1.165) is 25.8 Å². The smallest absolute Gasteiger partial charge is 0.198 e. The Balaban J connectivity index is 3.03. The molecule has 3 N–H and O–H groups in total. The average molecular weight is 157 g/mol. The Morgan fingerprint density at radius 1 is 1.64 bits per heavy atom. The second kappa shape index (κ2) is 7.69. The summed E-state index contributed by atoms with van der Waals surface area (Å²) < 4.78 is 0. The molecule has 0 bridgehead atoms. The number of rotatable bonds is 7. The third kappa shape index (κ3) is 7.49. The van der Waals surface area contributed by atoms with Crippen LogP contribution in [0.3, 0.4) is 0 Å². The van der Waals surface area contributed by atoms with E-state index in [2.05, 4.69) is 12.2 Å². The number of nitrogens with one attached hydrogen (secondary N) is 1. The second-order valence-corrected chi connectivity index (χ2v) is 2.60. The van der Waals surface area contributed by atoms with Crippen LogP contribution >= 0.6 is 0 Å². The van der Waals surface area contributed by atoms with Gasteiger partial charge >= 0.3 is 0 Å². The molecule has 0 rings (SSSR count). The number of hydrogen-bond acceptors (Lipinski definition) is 3. The molecule has 0 aliphatic rings. The van der Waals surface area contributed by atoms with E-state index in [9.17, 15) is 4.79 Å². The van der Waals surface area contributed by atoms with E-state index in [4.69, 9.17) is 5.73 Å². The van der Waals surface area contributed by atoms with Gasteiger partial charge in [0.05, 0.1) is 6.17 Å². The Kier molecular flexibility index (Phi) is 7.41. The molecule has 0 fully saturated rings. The number of hydrogen-bond donors (Lipinski definition) is 2. The van der Waals surface area contributed by atoms with Gasteiger partial charge in [0.2, 0.25) is 0 Å². The minimum absolute atomic E-state index is 0.0895. The lowest BCUT2D eigenvalue weighted by atomic mass is 10.2. The first-order valence-corrected chi connectivity index (χ1v) is 4.15. The molecule has 0 aliphatic carbocycles. The van der Waals surface area contributed by atoms with Crippen molar-refractivity contribution in [2.75, 3.05) is 6.54 Å². The van der Waals surface area contributed by atoms with Gasteiger partial charge in [0.15, 0.2) is 6.29 Å². The molecule has 3 heteroatoms. The lowest BCUT2D eigenvalue weighted by Crippen LogP contribution is -2.37. The predicted octanol–water partition coefficient (Wildman–Crippen LogP) is 0.551. The van der Waals surface area contributed by atoms with Crippen molar-refractivity contribution >= 4 is 6.29 Å². The molecule has 0 heterocycles. The Hall–Kier alpha value is -0.410. The highest BCUT2D eigenvalue weighted by Crippen LogP contribution is 1.89. The zero-order chi connectivity index (χ0) is 8.53. The molecule has 0 saturated carbocycles. The summed E-state index contributed by atoms with van der Waals surface area (Å²) in [5, 5.41) is 3.12. The first kappa shape index (κ1) is 10.6. The van der Waals surface area contributed by atoms with Gasteiger partial charge in [0.1, 0.15) is 0 Å². The van der Waals surface area contributed by atoms with Crippen molar-refractivity contribution in [2.24, 2.45) is 5.73 Å². The summed E-state index contributed by atoms with van der Waals surface area (Å²) in [4.78, 5) is 9.79. The molecule has 0 spiro atoms. The number of carbonyl (C=O) groups excluding carboxylic acids is 1. The largest absolute Gasteiger partial charge is 0.316 e. The van der Waals surface area contributed by atoms with Crippen LogP contribution in [0.25, 0.3) is 0 Å². The Morgan fingerprint density at radius 3 is 2.91 bits per heavy atom. The topological polar surface area (TPSA) is 55.1 Å². The minimum atomic E-state index is 0.0895. The highest BCUT2D eigenvalue weighted by molar-refractivity contribution is 5.50. The van der Waals surface area contributed by atoms with E-state index < -0.39 is 0 Å². The van der Waals surface area contributed by atoms with Gasteiger partial charge in [-0.3, -0.25) is 4.79 Å². The van der Waals surface area contributed by atoms with Crippen LogP contribution in [0.1, 0.15) is 32.6 Å². The molecule has 11 heavy (non-hydrogen) atoms. The van der Waals surface area contributed by atoms with E-state index in [1.165, 1.54) is 0 Å². The van der Waals surface area contributed by atoms with Crippen LogP contribution in [0.2, 0.25) is 0 Å². The molecular formula is C8H17N2O. The van der Waals surface area contributed by atoms with E-state index in [1.807, 2.05) is 6.29 Å². The fourth-order valence-corrected chi connectivity index (χ4v) is 0.861. The van der Waals surface area contributed by atoms with E-state index in [1.54, 1.807) is 0 Å². The van der Waals surface area contributed by atoms with Crippen LogP contribution in [0.15, 0.2) is 0 Å². The van der Waals surface area contributed by atoms with Crippen LogP contribution < -0.4 is 11.1 Å². The minimum Gasteiger partial charge on any atom is -0.316 e. The summed E-state index contributed by atoms with van der Waals surface area (Å²) in [6.07, 6.45) is 5.35. The van der Waals surface area contributed by atoms with Gasteiger partial charge in [-0.15, -0.1) is 0 Å². The van der Waals surface area contributed by atoms with Crippen molar-refractivity contribution < 1.29 is 4.79 Å². The van der Waals surface area contributed by atoms with Crippen LogP contribution in [-0.4, -0.2) is 19.0 Å². The summed E-state index contributed by atoms with van der Waals surface area (Å²) >= 11 is 0. The van der Waals surface area contributed by atoms with Crippen molar-refractivity contribution in [3.63, 3.8) is 0 Å². The Bertz CT molecular complexity index is 96.1. The van der Waals surface area contributed by atoms with Gasteiger partial charge in [0.25, 0.3) is 0 Å². The van der Waals surface area contributed by atoms with Crippen molar-refractivity contribution in [1.29, 1.82) is 0 Å². The Morgan fingerprint density at radius 2 is 2.36 bits per heavy atom. The molecule has 1 radical (unpaired) electrons. The maximum atomic E-state index is 9.79. The molecule has 1 unspecified atom stereocenters. The molecule has 0 aliphatic heterocycles. The van der Waals surface area contributed by atoms with Gasteiger partial charge in [-0.2, -0.15) is 0 Å². The normalized spacial score (nSPS) is 12.9. The molecule has 0 saturated heterocycles. The maximum absolute atomic E-state index is 9.79. The van der Waals surface area contributed by atoms with E-state index in [-0.39, 0.29) is 6.17 Å². The Labute approximate surface area is 68.3 Å². The van der Waals surface area contributed by atoms with Crippen molar-refractivity contribution in [2.45, 2.75) is 38.8 Å². The third-order valence-electron chi connectivity index (χ3n) is 1.46. The number of nitrogens with two attached hydrogens (primary N) is 1. The first-order chi connectivity index (χ1) is 5.31. The summed E-state index contributed by atoms with van der Waals surface area (Å²) in [7, 11) is 0. The van der Waals surface area contributed by atoms with Crippen LogP contribution in [0.4, 0.5) is 0 Å². The quantitative estimate of drug-likeness (QED) is 0.419. The van der Waals surface area contributed by atoms with Gasteiger partial charge in [-0.25, -0.2) is 0 Å². The van der Waals surface area contributed by atoms with E-state index in [0.29, 0.717) is 6.42 Å². The molecule has 3 nitrogen and oxygen atoms in total. The third-order valence-corrected chi connectivity index (χ3v) is 1.46. The van der Waals surface area contributed by atoms with Crippen molar-refractivity contribution in [3.8, 4) is 0 Å². The summed E-state index contributed by atoms with van der Waals surface area (Å²) in [6.45, 7) is 2.91. The highest BCUT2D eigenvalue weighted by atomic mass is 16.1. The van der Waals surface area contributed by atoms with Crippen LogP contribution in [-0.2, 0) is 4.79 Å². The zero-order valence-corrected chi connectivity index (χ0v) is 7.10. The van der Waals surface area contributed by atoms with Gasteiger partial charge in [0, 0.05) is 6.42 Å². The molecule has 1 atom stereocenters. The summed E-state index contributed by atoms with van der Waals surface area (Å²) in [6, 6.07) is 0. The van der Waals surface area contributed by atoms with Gasteiger partial charge in [-0.1, -0.05) is 13.3 Å². The van der Waals surface area contributed by atoms with Crippen LogP contribution in [0.5, 0.6) is 0 Å². The molecule has 0 aromatic rings. The fraction of sp³-hybridized carbons (Fsp3) is 0.875. The number of unbranched alkanes of at least 4 members (excludes halogenated alkanes) is 1. The monoisotopic (exact) mass is 157 g/mol.